The predicted molar refractivity (Wildman–Crippen MR) is 210 cm³/mol. The Morgan fingerprint density at radius 2 is 0.824 bits per heavy atom. The molecule has 0 aliphatic rings. The van der Waals surface area contributed by atoms with Crippen molar-refractivity contribution < 1.29 is 4.42 Å². The molecule has 0 aliphatic carbocycles. The summed E-state index contributed by atoms with van der Waals surface area (Å²) in [7, 11) is 0. The lowest BCUT2D eigenvalue weighted by molar-refractivity contribution is 0.620. The third kappa shape index (κ3) is 6.03. The molecule has 0 amide bonds. The summed E-state index contributed by atoms with van der Waals surface area (Å²) in [6, 6.07) is 63.8. The van der Waals surface area contributed by atoms with E-state index < -0.39 is 0 Å². The van der Waals surface area contributed by atoms with Gasteiger partial charge in [0, 0.05) is 23.5 Å². The Hall–Kier alpha value is -6.84. The van der Waals surface area contributed by atoms with Crippen LogP contribution in [0.15, 0.2) is 199 Å². The molecule has 3 heteroatoms. The van der Waals surface area contributed by atoms with E-state index >= 15 is 0 Å². The van der Waals surface area contributed by atoms with Gasteiger partial charge in [-0.1, -0.05) is 133 Å². The van der Waals surface area contributed by atoms with Crippen LogP contribution >= 0.6 is 0 Å². The van der Waals surface area contributed by atoms with Crippen LogP contribution < -0.4 is 0 Å². The largest absolute Gasteiger partial charge is 0.436 e. The van der Waals surface area contributed by atoms with Crippen LogP contribution in [0.3, 0.4) is 0 Å². The standard InChI is InChI=1S/C48H32N2O/c1-4-12-33(13-5-1)37-18-10-20-39(28-37)42-31-45(40-21-11-19-38(29-40)34-24-26-49-27-25-34)47-46(32-42)51-48(50-47)41-22-23-43(35-14-6-2-7-15-35)44(30-41)36-16-8-3-9-17-36/h1-32H. The second-order valence-electron chi connectivity index (χ2n) is 12.6. The lowest BCUT2D eigenvalue weighted by Crippen LogP contribution is -1.88. The highest BCUT2D eigenvalue weighted by atomic mass is 16.3. The van der Waals surface area contributed by atoms with Gasteiger partial charge in [-0.15, -0.1) is 0 Å². The summed E-state index contributed by atoms with van der Waals surface area (Å²) < 4.78 is 6.73. The molecule has 7 aromatic carbocycles. The predicted octanol–water partition coefficient (Wildman–Crippen LogP) is 12.9. The Labute approximate surface area is 297 Å². The molecule has 9 rings (SSSR count). The topological polar surface area (TPSA) is 38.9 Å². The second kappa shape index (κ2) is 13.2. The van der Waals surface area contributed by atoms with Crippen molar-refractivity contribution in [1.29, 1.82) is 0 Å². The van der Waals surface area contributed by atoms with Crippen molar-refractivity contribution >= 4 is 11.1 Å². The summed E-state index contributed by atoms with van der Waals surface area (Å²) in [6.07, 6.45) is 3.66. The minimum atomic E-state index is 0.587. The first-order chi connectivity index (χ1) is 25.3. The van der Waals surface area contributed by atoms with Crippen LogP contribution in [-0.4, -0.2) is 9.97 Å². The van der Waals surface area contributed by atoms with E-state index in [-0.39, 0.29) is 0 Å². The number of hydrogen-bond acceptors (Lipinski definition) is 3. The molecule has 0 radical (unpaired) electrons. The van der Waals surface area contributed by atoms with Crippen LogP contribution in [0.2, 0.25) is 0 Å². The first-order valence-corrected chi connectivity index (χ1v) is 17.1. The third-order valence-electron chi connectivity index (χ3n) is 9.42. The molecule has 0 saturated heterocycles. The highest BCUT2D eigenvalue weighted by Gasteiger charge is 2.18. The molecule has 0 aliphatic heterocycles. The van der Waals surface area contributed by atoms with E-state index in [1.165, 1.54) is 16.7 Å². The Morgan fingerprint density at radius 1 is 0.314 bits per heavy atom. The number of benzene rings is 7. The van der Waals surface area contributed by atoms with Gasteiger partial charge in [-0.05, 0) is 110 Å². The van der Waals surface area contributed by atoms with Crippen LogP contribution in [0.4, 0.5) is 0 Å². The summed E-state index contributed by atoms with van der Waals surface area (Å²) >= 11 is 0. The monoisotopic (exact) mass is 652 g/mol. The highest BCUT2D eigenvalue weighted by molar-refractivity contribution is 5.97. The maximum absolute atomic E-state index is 6.73. The molecule has 240 valence electrons. The van der Waals surface area contributed by atoms with Crippen molar-refractivity contribution in [2.24, 2.45) is 0 Å². The van der Waals surface area contributed by atoms with E-state index in [1.807, 2.05) is 30.6 Å². The van der Waals surface area contributed by atoms with Crippen LogP contribution in [-0.2, 0) is 0 Å². The van der Waals surface area contributed by atoms with Crippen LogP contribution in [0.25, 0.3) is 89.3 Å². The Bertz CT molecular complexity index is 2610. The Morgan fingerprint density at radius 3 is 1.49 bits per heavy atom. The molecule has 2 aromatic heterocycles. The minimum Gasteiger partial charge on any atom is -0.436 e. The van der Waals surface area contributed by atoms with Gasteiger partial charge in [0.1, 0.15) is 5.52 Å². The number of pyridine rings is 1. The van der Waals surface area contributed by atoms with Crippen molar-refractivity contribution in [2.45, 2.75) is 0 Å². The van der Waals surface area contributed by atoms with Crippen LogP contribution in [0.5, 0.6) is 0 Å². The van der Waals surface area contributed by atoms with Gasteiger partial charge >= 0.3 is 0 Å². The van der Waals surface area contributed by atoms with E-state index in [2.05, 4.69) is 169 Å². The van der Waals surface area contributed by atoms with Crippen LogP contribution in [0.1, 0.15) is 0 Å². The van der Waals surface area contributed by atoms with Crippen molar-refractivity contribution in [3.63, 3.8) is 0 Å². The lowest BCUT2D eigenvalue weighted by Gasteiger charge is -2.12. The highest BCUT2D eigenvalue weighted by Crippen LogP contribution is 2.40. The summed E-state index contributed by atoms with van der Waals surface area (Å²) in [5.41, 5.74) is 15.9. The van der Waals surface area contributed by atoms with Gasteiger partial charge in [0.15, 0.2) is 5.58 Å². The summed E-state index contributed by atoms with van der Waals surface area (Å²) in [5.74, 6) is 0.587. The van der Waals surface area contributed by atoms with E-state index in [9.17, 15) is 0 Å². The zero-order valence-electron chi connectivity index (χ0n) is 27.8. The molecule has 0 unspecified atom stereocenters. The maximum Gasteiger partial charge on any atom is 0.227 e. The Balaban J connectivity index is 1.23. The molecule has 0 spiro atoms. The number of rotatable bonds is 7. The molecule has 0 saturated carbocycles. The fourth-order valence-corrected chi connectivity index (χ4v) is 6.86. The molecule has 9 aromatic rings. The third-order valence-corrected chi connectivity index (χ3v) is 9.42. The van der Waals surface area contributed by atoms with Crippen molar-refractivity contribution in [3.05, 3.63) is 194 Å². The van der Waals surface area contributed by atoms with Crippen molar-refractivity contribution in [3.8, 4) is 78.2 Å². The zero-order chi connectivity index (χ0) is 34.0. The van der Waals surface area contributed by atoms with Gasteiger partial charge in [0.25, 0.3) is 0 Å². The molecular formula is C48H32N2O. The zero-order valence-corrected chi connectivity index (χ0v) is 27.8. The van der Waals surface area contributed by atoms with Gasteiger partial charge in [-0.2, -0.15) is 0 Å². The molecule has 3 nitrogen and oxygen atoms in total. The van der Waals surface area contributed by atoms with Gasteiger partial charge in [-0.25, -0.2) is 4.98 Å². The SMILES string of the molecule is c1ccc(-c2cccc(-c3cc(-c4cccc(-c5ccncc5)c4)c4nc(-c5ccc(-c6ccccc6)c(-c6ccccc6)c5)oc4c3)c2)cc1. The molecule has 0 N–H and O–H groups in total. The number of nitrogens with zero attached hydrogens (tertiary/aromatic N) is 2. The van der Waals surface area contributed by atoms with Gasteiger partial charge in [0.2, 0.25) is 5.89 Å². The summed E-state index contributed by atoms with van der Waals surface area (Å²) in [5, 5.41) is 0. The normalized spacial score (nSPS) is 11.1. The molecule has 0 bridgehead atoms. The van der Waals surface area contributed by atoms with E-state index in [1.54, 1.807) is 0 Å². The average molecular weight is 653 g/mol. The molecule has 0 atom stereocenters. The minimum absolute atomic E-state index is 0.587. The second-order valence-corrected chi connectivity index (χ2v) is 12.6. The van der Waals surface area contributed by atoms with Gasteiger partial charge in [-0.3, -0.25) is 4.98 Å². The van der Waals surface area contributed by atoms with Crippen molar-refractivity contribution in [2.75, 3.05) is 0 Å². The van der Waals surface area contributed by atoms with Crippen molar-refractivity contribution in [1.82, 2.24) is 9.97 Å². The number of hydrogen-bond donors (Lipinski definition) is 0. The van der Waals surface area contributed by atoms with E-state index in [0.717, 1.165) is 66.7 Å². The van der Waals surface area contributed by atoms with E-state index in [4.69, 9.17) is 9.40 Å². The molecular weight excluding hydrogens is 621 g/mol. The number of oxazole rings is 1. The quantitative estimate of drug-likeness (QED) is 0.172. The lowest BCUT2D eigenvalue weighted by atomic mass is 9.93. The van der Waals surface area contributed by atoms with Gasteiger partial charge in [0.05, 0.1) is 0 Å². The first kappa shape index (κ1) is 30.2. The summed E-state index contributed by atoms with van der Waals surface area (Å²) in [6.45, 7) is 0. The number of aromatic nitrogens is 2. The molecule has 0 fully saturated rings. The first-order valence-electron chi connectivity index (χ1n) is 17.1. The van der Waals surface area contributed by atoms with Crippen LogP contribution in [0, 0.1) is 0 Å². The van der Waals surface area contributed by atoms with E-state index in [0.29, 0.717) is 5.89 Å². The smallest absolute Gasteiger partial charge is 0.227 e. The van der Waals surface area contributed by atoms with Gasteiger partial charge < -0.3 is 4.42 Å². The number of fused-ring (bicyclic) bond motifs is 1. The Kier molecular flexibility index (Phi) is 7.84. The summed E-state index contributed by atoms with van der Waals surface area (Å²) in [4.78, 5) is 9.45. The average Bonchev–Trinajstić information content (AvgIpc) is 3.66. The fourth-order valence-electron chi connectivity index (χ4n) is 6.86. The maximum atomic E-state index is 6.73. The fraction of sp³-hybridized carbons (Fsp3) is 0. The molecule has 51 heavy (non-hydrogen) atoms. The molecule has 2 heterocycles.